The van der Waals surface area contributed by atoms with Crippen LogP contribution in [0.3, 0.4) is 0 Å². The van der Waals surface area contributed by atoms with Crippen LogP contribution in [0.2, 0.25) is 0 Å². The van der Waals surface area contributed by atoms with Gasteiger partial charge in [0.15, 0.2) is 0 Å². The Bertz CT molecular complexity index is 1210. The number of benzene rings is 1. The van der Waals surface area contributed by atoms with Crippen molar-refractivity contribution in [2.24, 2.45) is 5.92 Å². The lowest BCUT2D eigenvalue weighted by molar-refractivity contribution is -0.148. The van der Waals surface area contributed by atoms with Gasteiger partial charge in [-0.1, -0.05) is 6.92 Å². The number of carbonyl (C=O) groups excluding carboxylic acids is 6. The van der Waals surface area contributed by atoms with Crippen molar-refractivity contribution in [2.75, 3.05) is 33.7 Å². The van der Waals surface area contributed by atoms with E-state index in [0.717, 1.165) is 12.1 Å². The summed E-state index contributed by atoms with van der Waals surface area (Å²) in [5.41, 5.74) is 1.05. The van der Waals surface area contributed by atoms with Crippen LogP contribution in [0.1, 0.15) is 63.2 Å². The Labute approximate surface area is 255 Å². The number of nitrogens with one attached hydrogen (secondary N) is 3. The van der Waals surface area contributed by atoms with Crippen LogP contribution in [0.15, 0.2) is 18.2 Å². The van der Waals surface area contributed by atoms with E-state index in [1.165, 1.54) is 22.2 Å². The summed E-state index contributed by atoms with van der Waals surface area (Å²) < 4.78 is 26.9. The number of rotatable bonds is 14. The molecule has 0 spiro atoms. The van der Waals surface area contributed by atoms with Crippen LogP contribution >= 0.6 is 0 Å². The van der Waals surface area contributed by atoms with Crippen LogP contribution in [0.25, 0.3) is 0 Å². The van der Waals surface area contributed by atoms with Crippen molar-refractivity contribution in [2.45, 2.75) is 71.0 Å². The van der Waals surface area contributed by atoms with E-state index >= 15 is 0 Å². The van der Waals surface area contributed by atoms with Crippen LogP contribution in [-0.4, -0.2) is 107 Å². The van der Waals surface area contributed by atoms with E-state index in [-0.39, 0.29) is 54.5 Å². The van der Waals surface area contributed by atoms with Crippen molar-refractivity contribution in [1.29, 1.82) is 0 Å². The zero-order valence-electron chi connectivity index (χ0n) is 25.7. The largest absolute Gasteiger partial charge is 0.356 e. The lowest BCUT2D eigenvalue weighted by atomic mass is 10.0. The van der Waals surface area contributed by atoms with Crippen LogP contribution in [0, 0.1) is 17.6 Å². The molecule has 6 amide bonds. The third-order valence-electron chi connectivity index (χ3n) is 7.69. The lowest BCUT2D eigenvalue weighted by Gasteiger charge is -2.33. The number of halogens is 2. The average Bonchev–Trinajstić information content (AvgIpc) is 3.46. The van der Waals surface area contributed by atoms with E-state index in [2.05, 4.69) is 10.6 Å². The fourth-order valence-electron chi connectivity index (χ4n) is 4.96. The van der Waals surface area contributed by atoms with Gasteiger partial charge >= 0.3 is 0 Å². The highest BCUT2D eigenvalue weighted by Crippen LogP contribution is 2.22. The Morgan fingerprint density at radius 1 is 1.05 bits per heavy atom. The van der Waals surface area contributed by atoms with Gasteiger partial charge in [0.05, 0.1) is 0 Å². The monoisotopic (exact) mass is 624 g/mol. The van der Waals surface area contributed by atoms with Gasteiger partial charge in [0.25, 0.3) is 11.8 Å². The van der Waals surface area contributed by atoms with Crippen molar-refractivity contribution in [3.8, 4) is 0 Å². The van der Waals surface area contributed by atoms with Gasteiger partial charge in [-0.15, -0.1) is 0 Å². The second-order valence-electron chi connectivity index (χ2n) is 11.2. The number of amides is 6. The molecule has 1 unspecified atom stereocenters. The minimum atomic E-state index is -1.30. The molecule has 1 aliphatic heterocycles. The van der Waals surface area contributed by atoms with E-state index in [1.54, 1.807) is 25.9 Å². The number of hydrogen-bond acceptors (Lipinski definition) is 7. The third kappa shape index (κ3) is 10.2. The van der Waals surface area contributed by atoms with Crippen molar-refractivity contribution in [3.63, 3.8) is 0 Å². The summed E-state index contributed by atoms with van der Waals surface area (Å²) in [7, 11) is 3.19. The highest BCUT2D eigenvalue weighted by molar-refractivity contribution is 5.97. The first kappa shape index (κ1) is 36.1. The first-order chi connectivity index (χ1) is 20.7. The normalized spacial score (nSPS) is 16.4. The smallest absolute Gasteiger partial charge is 0.265 e. The molecular formula is C29H42F2N6O7. The number of likely N-dealkylation sites (N-methyl/N-ethyl adjacent to an activating group) is 2. The minimum absolute atomic E-state index is 0.0513. The topological polar surface area (TPSA) is 168 Å². The van der Waals surface area contributed by atoms with Crippen LogP contribution in [0.4, 0.5) is 8.78 Å². The molecule has 0 bridgehead atoms. The summed E-state index contributed by atoms with van der Waals surface area (Å²) in [5, 5.41) is 13.9. The molecule has 1 fully saturated rings. The van der Waals surface area contributed by atoms with E-state index in [0.29, 0.717) is 38.4 Å². The number of hydroxylamine groups is 1. The Hall–Kier alpha value is -4.14. The second-order valence-corrected chi connectivity index (χ2v) is 11.2. The Morgan fingerprint density at radius 2 is 1.68 bits per heavy atom. The zero-order valence-corrected chi connectivity index (χ0v) is 25.7. The molecule has 1 aliphatic rings. The summed E-state index contributed by atoms with van der Waals surface area (Å²) in [6.45, 7) is 5.61. The maximum Gasteiger partial charge on any atom is 0.265 e. The molecule has 0 aromatic heterocycles. The molecule has 2 rings (SSSR count). The fourth-order valence-corrected chi connectivity index (χ4v) is 4.96. The van der Waals surface area contributed by atoms with E-state index in [1.807, 2.05) is 6.92 Å². The number of carbonyl (C=O) groups is 6. The highest BCUT2D eigenvalue weighted by atomic mass is 19.1. The van der Waals surface area contributed by atoms with E-state index in [4.69, 9.17) is 5.21 Å². The summed E-state index contributed by atoms with van der Waals surface area (Å²) in [6, 6.07) is -0.433. The molecule has 44 heavy (non-hydrogen) atoms. The predicted octanol–water partition coefficient (Wildman–Crippen LogP) is 0.807. The molecule has 244 valence electrons. The fraction of sp³-hybridized carbons (Fsp3) is 0.586. The standard InChI is InChI=1S/C29H42F2N6O7/c1-17(16-35(4)29(43)24-7-6-12-37(24)28(42)18(2)36(5)19(3)38)8-9-25(39)32-11-10-23(27(41)34-44)33-26(40)20-13-21(30)15-22(31)14-20/h13-15,17-18,23-24,44H,6-12,16H2,1-5H3,(H,32,39)(H,33,40)(H,34,41)/t17?,18-,23-,24-/m0/s1. The van der Waals surface area contributed by atoms with Crippen molar-refractivity contribution < 1.29 is 42.8 Å². The quantitative estimate of drug-likeness (QED) is 0.175. The number of likely N-dealkylation sites (tertiary alicyclic amines) is 1. The van der Waals surface area contributed by atoms with Gasteiger partial charge in [-0.3, -0.25) is 34.0 Å². The van der Waals surface area contributed by atoms with E-state index in [9.17, 15) is 37.5 Å². The van der Waals surface area contributed by atoms with Crippen LogP contribution in [0.5, 0.6) is 0 Å². The Morgan fingerprint density at radius 3 is 2.27 bits per heavy atom. The first-order valence-corrected chi connectivity index (χ1v) is 14.4. The van der Waals surface area contributed by atoms with Gasteiger partial charge in [-0.2, -0.15) is 0 Å². The van der Waals surface area contributed by atoms with Crippen molar-refractivity contribution in [3.05, 3.63) is 35.4 Å². The minimum Gasteiger partial charge on any atom is -0.356 e. The van der Waals surface area contributed by atoms with Crippen LogP contribution < -0.4 is 16.1 Å². The molecule has 1 aromatic carbocycles. The van der Waals surface area contributed by atoms with Gasteiger partial charge in [0.2, 0.25) is 23.6 Å². The second kappa shape index (κ2) is 16.6. The molecule has 15 heteroatoms. The highest BCUT2D eigenvalue weighted by Gasteiger charge is 2.38. The molecule has 0 saturated carbocycles. The molecule has 0 radical (unpaired) electrons. The van der Waals surface area contributed by atoms with Gasteiger partial charge in [-0.25, -0.2) is 14.3 Å². The molecule has 4 atom stereocenters. The maximum atomic E-state index is 13.4. The number of nitrogens with zero attached hydrogens (tertiary/aromatic N) is 3. The van der Waals surface area contributed by atoms with Gasteiger partial charge in [-0.05, 0) is 50.7 Å². The summed E-state index contributed by atoms with van der Waals surface area (Å²) in [4.78, 5) is 79.1. The maximum absolute atomic E-state index is 13.4. The summed E-state index contributed by atoms with van der Waals surface area (Å²) >= 11 is 0. The molecule has 1 aromatic rings. The van der Waals surface area contributed by atoms with Crippen LogP contribution in [-0.2, 0) is 24.0 Å². The van der Waals surface area contributed by atoms with Gasteiger partial charge in [0.1, 0.15) is 29.8 Å². The summed E-state index contributed by atoms with van der Waals surface area (Å²) in [5.74, 6) is -5.02. The molecule has 0 aliphatic carbocycles. The Balaban J connectivity index is 1.82. The average molecular weight is 625 g/mol. The molecule has 4 N–H and O–H groups in total. The molecule has 1 heterocycles. The van der Waals surface area contributed by atoms with E-state index < -0.39 is 41.6 Å². The third-order valence-corrected chi connectivity index (χ3v) is 7.69. The van der Waals surface area contributed by atoms with Gasteiger partial charge in [0, 0.05) is 58.7 Å². The zero-order chi connectivity index (χ0) is 33.1. The summed E-state index contributed by atoms with van der Waals surface area (Å²) in [6.07, 6.45) is 1.62. The first-order valence-electron chi connectivity index (χ1n) is 14.4. The molecule has 13 nitrogen and oxygen atoms in total. The van der Waals surface area contributed by atoms with Crippen molar-refractivity contribution >= 4 is 35.4 Å². The number of hydrogen-bond donors (Lipinski definition) is 4. The predicted molar refractivity (Wildman–Crippen MR) is 154 cm³/mol. The van der Waals surface area contributed by atoms with Gasteiger partial charge < -0.3 is 25.3 Å². The molecule has 1 saturated heterocycles. The molecular weight excluding hydrogens is 582 g/mol. The van der Waals surface area contributed by atoms with Crippen molar-refractivity contribution in [1.82, 2.24) is 30.8 Å². The Kier molecular flexibility index (Phi) is 13.6. The SMILES string of the molecule is CC(=O)N(C)[C@@H](C)C(=O)N1CCC[C@H]1C(=O)N(C)CC(C)CCC(=O)NCC[C@H](NC(=O)c1cc(F)cc(F)c1)C(=O)NO. The lowest BCUT2D eigenvalue weighted by Crippen LogP contribution is -2.53.